The first-order valence-electron chi connectivity index (χ1n) is 6.12. The smallest absolute Gasteiger partial charge is 0.179 e. The van der Waals surface area contributed by atoms with E-state index in [0.717, 1.165) is 0 Å². The van der Waals surface area contributed by atoms with E-state index in [1.54, 1.807) is 6.26 Å². The molecule has 1 aromatic carbocycles. The second-order valence-corrected chi connectivity index (χ2v) is 8.38. The van der Waals surface area contributed by atoms with E-state index in [9.17, 15) is 12.6 Å². The van der Waals surface area contributed by atoms with Crippen LogP contribution in [0.3, 0.4) is 0 Å². The summed E-state index contributed by atoms with van der Waals surface area (Å²) in [5.74, 6) is -0.0258. The van der Waals surface area contributed by atoms with E-state index in [2.05, 4.69) is 5.32 Å². The Kier molecular flexibility index (Phi) is 6.33. The van der Waals surface area contributed by atoms with Crippen LogP contribution in [0.2, 0.25) is 0 Å². The third-order valence-corrected chi connectivity index (χ3v) is 5.92. The number of rotatable bonds is 7. The molecule has 0 radical (unpaired) electrons. The van der Waals surface area contributed by atoms with Crippen LogP contribution in [0.15, 0.2) is 29.2 Å². The fourth-order valence-electron chi connectivity index (χ4n) is 1.48. The molecule has 0 fully saturated rings. The molecule has 20 heavy (non-hydrogen) atoms. The average molecular weight is 314 g/mol. The van der Waals surface area contributed by atoms with Gasteiger partial charge in [0.15, 0.2) is 9.84 Å². The van der Waals surface area contributed by atoms with Gasteiger partial charge in [0.2, 0.25) is 0 Å². The summed E-state index contributed by atoms with van der Waals surface area (Å²) in [4.78, 5) is 0.213. The highest BCUT2D eigenvalue weighted by Gasteiger charge is 2.14. The van der Waals surface area contributed by atoms with Crippen LogP contribution >= 0.6 is 0 Å². The molecule has 0 heterocycles. The van der Waals surface area contributed by atoms with E-state index in [0.29, 0.717) is 18.7 Å². The Labute approximate surface area is 122 Å². The maximum atomic E-state index is 12.0. The highest BCUT2D eigenvalue weighted by molar-refractivity contribution is 7.91. The van der Waals surface area contributed by atoms with Gasteiger partial charge >= 0.3 is 0 Å². The van der Waals surface area contributed by atoms with Gasteiger partial charge in [0, 0.05) is 35.4 Å². The molecule has 0 aromatic heterocycles. The van der Waals surface area contributed by atoms with Gasteiger partial charge in [-0.1, -0.05) is 0 Å². The number of hydrogen-bond donors (Lipinski definition) is 1. The molecule has 7 heteroatoms. The van der Waals surface area contributed by atoms with Crippen LogP contribution in [0.4, 0.5) is 0 Å². The molecule has 110 valence electrons. The number of nitrogens with one attached hydrogen (secondary N) is 1. The summed E-state index contributed by atoms with van der Waals surface area (Å²) >= 11 is 0. The van der Waals surface area contributed by atoms with Crippen molar-refractivity contribution in [2.45, 2.75) is 17.1 Å². The molecule has 1 rings (SSSR count). The predicted octanol–water partition coefficient (Wildman–Crippen LogP) is 0.689. The second-order valence-electron chi connectivity index (χ2n) is 4.47. The quantitative estimate of drug-likeness (QED) is 0.748. The fraction of sp³-hybridized carbons (Fsp3) is 0.462. The van der Waals surface area contributed by atoms with E-state index >= 15 is 0 Å². The highest BCUT2D eigenvalue weighted by Crippen LogP contribution is 2.11. The van der Waals surface area contributed by atoms with Crippen LogP contribution in [0.25, 0.3) is 0 Å². The Morgan fingerprint density at radius 3 is 2.45 bits per heavy atom. The minimum absolute atomic E-state index is 0.00684. The highest BCUT2D eigenvalue weighted by atomic mass is 32.2. The standard InChI is InChI=1S/C13H18N2O3S2/c1-11(19(2)16)10-15-7-8-20(17,18)13-5-3-12(9-14)4-6-13/h3-6,11,15H,7-8,10H2,1-2H3. The lowest BCUT2D eigenvalue weighted by molar-refractivity contribution is 0.590. The summed E-state index contributed by atoms with van der Waals surface area (Å²) in [6, 6.07) is 7.81. The molecule has 2 unspecified atom stereocenters. The van der Waals surface area contributed by atoms with Gasteiger partial charge < -0.3 is 5.32 Å². The largest absolute Gasteiger partial charge is 0.315 e. The fourth-order valence-corrected chi connectivity index (χ4v) is 3.04. The predicted molar refractivity (Wildman–Crippen MR) is 79.6 cm³/mol. The summed E-state index contributed by atoms with van der Waals surface area (Å²) in [7, 11) is -4.27. The summed E-state index contributed by atoms with van der Waals surface area (Å²) in [5.41, 5.74) is 0.432. The number of benzene rings is 1. The van der Waals surface area contributed by atoms with Crippen LogP contribution in [-0.2, 0) is 20.6 Å². The van der Waals surface area contributed by atoms with Crippen LogP contribution in [0, 0.1) is 11.3 Å². The van der Waals surface area contributed by atoms with Gasteiger partial charge in [-0.25, -0.2) is 8.42 Å². The number of nitrogens with zero attached hydrogens (tertiary/aromatic N) is 1. The van der Waals surface area contributed by atoms with Crippen LogP contribution in [-0.4, -0.2) is 43.0 Å². The Bertz CT molecular complexity index is 603. The van der Waals surface area contributed by atoms with Crippen molar-refractivity contribution in [2.75, 3.05) is 25.1 Å². The Hall–Kier alpha value is -1.23. The first-order valence-corrected chi connectivity index (χ1v) is 9.40. The summed E-state index contributed by atoms with van der Waals surface area (Å²) in [6.45, 7) is 2.67. The number of hydrogen-bond acceptors (Lipinski definition) is 5. The van der Waals surface area contributed by atoms with E-state index in [4.69, 9.17) is 5.26 Å². The summed E-state index contributed by atoms with van der Waals surface area (Å²) in [6.07, 6.45) is 1.62. The molecule has 1 aromatic rings. The van der Waals surface area contributed by atoms with Gasteiger partial charge in [0.1, 0.15) is 0 Å². The lowest BCUT2D eigenvalue weighted by atomic mass is 10.2. The molecule has 0 aliphatic carbocycles. The lowest BCUT2D eigenvalue weighted by Gasteiger charge is -2.10. The van der Waals surface area contributed by atoms with E-state index < -0.39 is 20.6 Å². The maximum absolute atomic E-state index is 12.0. The third kappa shape index (κ3) is 5.04. The van der Waals surface area contributed by atoms with Gasteiger partial charge in [0.25, 0.3) is 0 Å². The van der Waals surface area contributed by atoms with Crippen molar-refractivity contribution in [3.63, 3.8) is 0 Å². The van der Waals surface area contributed by atoms with Gasteiger partial charge in [-0.2, -0.15) is 5.26 Å². The molecule has 1 N–H and O–H groups in total. The average Bonchev–Trinajstić information content (AvgIpc) is 2.43. The Morgan fingerprint density at radius 1 is 1.35 bits per heavy atom. The first kappa shape index (κ1) is 16.8. The van der Waals surface area contributed by atoms with E-state index in [1.807, 2.05) is 13.0 Å². The molecule has 0 aliphatic rings. The minimum atomic E-state index is -3.35. The topological polar surface area (TPSA) is 87.0 Å². The van der Waals surface area contributed by atoms with E-state index in [1.165, 1.54) is 24.3 Å². The van der Waals surface area contributed by atoms with Crippen molar-refractivity contribution in [1.29, 1.82) is 5.26 Å². The molecule has 2 atom stereocenters. The molecule has 5 nitrogen and oxygen atoms in total. The summed E-state index contributed by atoms with van der Waals surface area (Å²) in [5, 5.41) is 11.7. The SMILES string of the molecule is CC(CNCCS(=O)(=O)c1ccc(C#N)cc1)S(C)=O. The van der Waals surface area contributed by atoms with E-state index in [-0.39, 0.29) is 15.9 Å². The Morgan fingerprint density at radius 2 is 1.95 bits per heavy atom. The third-order valence-electron chi connectivity index (χ3n) is 2.89. The lowest BCUT2D eigenvalue weighted by Crippen LogP contribution is -2.31. The van der Waals surface area contributed by atoms with Crippen molar-refractivity contribution in [3.8, 4) is 6.07 Å². The molecule has 0 aliphatic heterocycles. The Balaban J connectivity index is 2.53. The zero-order chi connectivity index (χ0) is 15.2. The number of sulfone groups is 1. The molecule has 0 saturated heterocycles. The number of nitriles is 1. The van der Waals surface area contributed by atoms with Crippen molar-refractivity contribution in [1.82, 2.24) is 5.32 Å². The van der Waals surface area contributed by atoms with Gasteiger partial charge in [-0.3, -0.25) is 4.21 Å². The van der Waals surface area contributed by atoms with Crippen molar-refractivity contribution in [3.05, 3.63) is 29.8 Å². The second kappa shape index (κ2) is 7.53. The normalized spacial score (nSPS) is 14.4. The zero-order valence-corrected chi connectivity index (χ0v) is 13.1. The minimum Gasteiger partial charge on any atom is -0.315 e. The first-order chi connectivity index (χ1) is 9.36. The van der Waals surface area contributed by atoms with Crippen LogP contribution in [0.5, 0.6) is 0 Å². The molecule has 0 spiro atoms. The molecular formula is C13H18N2O3S2. The van der Waals surface area contributed by atoms with Crippen molar-refractivity contribution >= 4 is 20.6 Å². The monoisotopic (exact) mass is 314 g/mol. The molecule has 0 saturated carbocycles. The van der Waals surface area contributed by atoms with Crippen molar-refractivity contribution < 1.29 is 12.6 Å². The van der Waals surface area contributed by atoms with Crippen molar-refractivity contribution in [2.24, 2.45) is 0 Å². The van der Waals surface area contributed by atoms with Crippen LogP contribution in [0.1, 0.15) is 12.5 Å². The molecular weight excluding hydrogens is 296 g/mol. The van der Waals surface area contributed by atoms with Gasteiger partial charge in [-0.05, 0) is 31.2 Å². The summed E-state index contributed by atoms with van der Waals surface area (Å²) < 4.78 is 35.2. The maximum Gasteiger partial charge on any atom is 0.179 e. The van der Waals surface area contributed by atoms with Gasteiger partial charge in [-0.15, -0.1) is 0 Å². The van der Waals surface area contributed by atoms with Crippen LogP contribution < -0.4 is 5.32 Å². The van der Waals surface area contributed by atoms with Gasteiger partial charge in [0.05, 0.1) is 22.3 Å². The molecule has 0 amide bonds. The molecule has 0 bridgehead atoms. The zero-order valence-electron chi connectivity index (χ0n) is 11.5.